The summed E-state index contributed by atoms with van der Waals surface area (Å²) < 4.78 is 11.2. The van der Waals surface area contributed by atoms with Gasteiger partial charge in [-0.15, -0.1) is 18.2 Å². The largest absolute Gasteiger partial charge is 0.487 e. The van der Waals surface area contributed by atoms with E-state index in [1.807, 2.05) is 36.0 Å². The summed E-state index contributed by atoms with van der Waals surface area (Å²) in [4.78, 5) is 0. The Balaban J connectivity index is 1.92. The van der Waals surface area contributed by atoms with E-state index >= 15 is 0 Å². The van der Waals surface area contributed by atoms with Gasteiger partial charge in [0.1, 0.15) is 13.2 Å². The molecule has 0 unspecified atom stereocenters. The highest BCUT2D eigenvalue weighted by Crippen LogP contribution is 2.27. The quantitative estimate of drug-likeness (QED) is 0.805. The minimum atomic E-state index is 0.261. The maximum Gasteiger partial charge on any atom is 0.162 e. The fourth-order valence-corrected chi connectivity index (χ4v) is 2.48. The zero-order chi connectivity index (χ0) is 11.9. The third kappa shape index (κ3) is 3.58. The minimum absolute atomic E-state index is 0.261. The normalized spacial score (nSPS) is 18.6. The van der Waals surface area contributed by atoms with Gasteiger partial charge in [0.15, 0.2) is 11.5 Å². The lowest BCUT2D eigenvalue weighted by atomic mass is 10.3. The first-order valence-corrected chi connectivity index (χ1v) is 6.58. The van der Waals surface area contributed by atoms with Crippen LogP contribution in [0, 0.1) is 12.3 Å². The van der Waals surface area contributed by atoms with E-state index in [2.05, 4.69) is 11.2 Å². The van der Waals surface area contributed by atoms with Gasteiger partial charge in [0.25, 0.3) is 0 Å². The van der Waals surface area contributed by atoms with Gasteiger partial charge in [-0.25, -0.2) is 0 Å². The fraction of sp³-hybridized carbons (Fsp3) is 0.385. The van der Waals surface area contributed by atoms with Gasteiger partial charge in [0.2, 0.25) is 0 Å². The van der Waals surface area contributed by atoms with Gasteiger partial charge in [-0.3, -0.25) is 0 Å². The number of nitrogens with one attached hydrogen (secondary N) is 1. The number of ether oxygens (including phenoxy) is 2. The second-order valence-corrected chi connectivity index (χ2v) is 4.87. The van der Waals surface area contributed by atoms with Crippen LogP contribution < -0.4 is 14.8 Å². The Morgan fingerprint density at radius 2 is 2.12 bits per heavy atom. The van der Waals surface area contributed by atoms with Crippen molar-refractivity contribution in [1.29, 1.82) is 0 Å². The van der Waals surface area contributed by atoms with E-state index in [9.17, 15) is 0 Å². The maximum atomic E-state index is 5.74. The molecule has 1 aliphatic heterocycles. The Bertz CT molecular complexity index is 397. The third-order valence-electron chi connectivity index (χ3n) is 2.34. The van der Waals surface area contributed by atoms with Crippen molar-refractivity contribution in [3.63, 3.8) is 0 Å². The van der Waals surface area contributed by atoms with Crippen molar-refractivity contribution in [3.8, 4) is 23.8 Å². The van der Waals surface area contributed by atoms with Gasteiger partial charge in [-0.1, -0.05) is 18.1 Å². The molecule has 1 aromatic carbocycles. The Hall–Kier alpha value is -1.31. The van der Waals surface area contributed by atoms with E-state index < -0.39 is 0 Å². The van der Waals surface area contributed by atoms with Crippen LogP contribution >= 0.6 is 11.8 Å². The van der Waals surface area contributed by atoms with Gasteiger partial charge in [0.05, 0.1) is 5.37 Å². The molecule has 0 aliphatic carbocycles. The average molecular weight is 249 g/mol. The summed E-state index contributed by atoms with van der Waals surface area (Å²) in [6.45, 7) is 1.95. The lowest BCUT2D eigenvalue weighted by Crippen LogP contribution is -2.26. The molecule has 1 aromatic rings. The van der Waals surface area contributed by atoms with Crippen LogP contribution in [0.4, 0.5) is 0 Å². The molecule has 3 nitrogen and oxygen atoms in total. The zero-order valence-corrected chi connectivity index (χ0v) is 10.3. The molecular formula is C13H15NO2S. The number of hydrogen-bond donors (Lipinski definition) is 1. The molecule has 1 atom stereocenters. The fourth-order valence-electron chi connectivity index (χ4n) is 1.56. The van der Waals surface area contributed by atoms with Gasteiger partial charge >= 0.3 is 0 Å². The number of benzene rings is 1. The van der Waals surface area contributed by atoms with Crippen molar-refractivity contribution in [3.05, 3.63) is 24.3 Å². The van der Waals surface area contributed by atoms with Crippen LogP contribution in [0.3, 0.4) is 0 Å². The molecule has 1 saturated heterocycles. The predicted octanol–water partition coefficient (Wildman–Crippen LogP) is 1.74. The van der Waals surface area contributed by atoms with Crippen LogP contribution in [0.5, 0.6) is 11.5 Å². The summed E-state index contributed by atoms with van der Waals surface area (Å²) in [6.07, 6.45) is 5.17. The van der Waals surface area contributed by atoms with Crippen molar-refractivity contribution >= 4 is 11.8 Å². The standard InChI is InChI=1S/C13H15NO2S/c1-2-8-15-11-5-3-4-6-12(11)16-10-13-14-7-9-17-13/h1,3-6,13-14H,7-10H2/t13-/m1/s1. The van der Waals surface area contributed by atoms with E-state index in [-0.39, 0.29) is 6.61 Å². The molecule has 1 aliphatic rings. The second-order valence-electron chi connectivity index (χ2n) is 3.56. The third-order valence-corrected chi connectivity index (χ3v) is 3.49. The van der Waals surface area contributed by atoms with Crippen LogP contribution in [0.2, 0.25) is 0 Å². The summed E-state index contributed by atoms with van der Waals surface area (Å²) >= 11 is 1.88. The lowest BCUT2D eigenvalue weighted by molar-refractivity contribution is 0.279. The summed E-state index contributed by atoms with van der Waals surface area (Å²) in [5.74, 6) is 5.04. The first kappa shape index (κ1) is 12.2. The smallest absolute Gasteiger partial charge is 0.162 e. The van der Waals surface area contributed by atoms with Gasteiger partial charge in [-0.2, -0.15) is 0 Å². The summed E-state index contributed by atoms with van der Waals surface area (Å²) in [7, 11) is 0. The minimum Gasteiger partial charge on any atom is -0.487 e. The van der Waals surface area contributed by atoms with Crippen molar-refractivity contribution in [2.75, 3.05) is 25.5 Å². The summed E-state index contributed by atoms with van der Waals surface area (Å²) in [5, 5.41) is 3.73. The number of thioether (sulfide) groups is 1. The summed E-state index contributed by atoms with van der Waals surface area (Å²) in [5.41, 5.74) is 0. The number of para-hydroxylation sites is 2. The Morgan fingerprint density at radius 1 is 1.35 bits per heavy atom. The number of hydrogen-bond acceptors (Lipinski definition) is 4. The molecule has 0 bridgehead atoms. The number of terminal acetylenes is 1. The molecule has 0 radical (unpaired) electrons. The molecule has 1 heterocycles. The van der Waals surface area contributed by atoms with E-state index in [1.54, 1.807) is 0 Å². The topological polar surface area (TPSA) is 30.5 Å². The SMILES string of the molecule is C#CCOc1ccccc1OC[C@@H]1NCCS1. The molecular weight excluding hydrogens is 234 g/mol. The second kappa shape index (κ2) is 6.43. The van der Waals surface area contributed by atoms with E-state index in [0.717, 1.165) is 18.0 Å². The van der Waals surface area contributed by atoms with Crippen molar-refractivity contribution in [2.24, 2.45) is 0 Å². The van der Waals surface area contributed by atoms with E-state index in [0.29, 0.717) is 17.7 Å². The van der Waals surface area contributed by atoms with Gasteiger partial charge < -0.3 is 14.8 Å². The van der Waals surface area contributed by atoms with Crippen LogP contribution in [0.15, 0.2) is 24.3 Å². The van der Waals surface area contributed by atoms with Crippen molar-refractivity contribution < 1.29 is 9.47 Å². The molecule has 0 aromatic heterocycles. The molecule has 2 rings (SSSR count). The van der Waals surface area contributed by atoms with E-state index in [1.165, 1.54) is 0 Å². The highest BCUT2D eigenvalue weighted by molar-refractivity contribution is 8.00. The highest BCUT2D eigenvalue weighted by atomic mass is 32.2. The zero-order valence-electron chi connectivity index (χ0n) is 9.52. The Labute approximate surface area is 106 Å². The van der Waals surface area contributed by atoms with Gasteiger partial charge in [-0.05, 0) is 12.1 Å². The molecule has 1 fully saturated rings. The van der Waals surface area contributed by atoms with Crippen LogP contribution in [-0.4, -0.2) is 30.9 Å². The monoisotopic (exact) mass is 249 g/mol. The molecule has 0 saturated carbocycles. The van der Waals surface area contributed by atoms with Crippen LogP contribution in [0.25, 0.3) is 0 Å². The first-order chi connectivity index (χ1) is 8.40. The molecule has 4 heteroatoms. The Kier molecular flexibility index (Phi) is 4.60. The average Bonchev–Trinajstić information content (AvgIpc) is 2.88. The number of rotatable bonds is 5. The van der Waals surface area contributed by atoms with E-state index in [4.69, 9.17) is 15.9 Å². The maximum absolute atomic E-state index is 5.74. The molecule has 1 N–H and O–H groups in total. The Morgan fingerprint density at radius 3 is 2.76 bits per heavy atom. The molecule has 0 amide bonds. The molecule has 0 spiro atoms. The molecule has 17 heavy (non-hydrogen) atoms. The van der Waals surface area contributed by atoms with Crippen molar-refractivity contribution in [1.82, 2.24) is 5.32 Å². The van der Waals surface area contributed by atoms with Crippen LogP contribution in [-0.2, 0) is 0 Å². The first-order valence-electron chi connectivity index (χ1n) is 5.53. The summed E-state index contributed by atoms with van der Waals surface area (Å²) in [6, 6.07) is 7.59. The van der Waals surface area contributed by atoms with Crippen LogP contribution in [0.1, 0.15) is 0 Å². The predicted molar refractivity (Wildman–Crippen MR) is 70.5 cm³/mol. The highest BCUT2D eigenvalue weighted by Gasteiger charge is 2.15. The van der Waals surface area contributed by atoms with Crippen molar-refractivity contribution in [2.45, 2.75) is 5.37 Å². The molecule has 90 valence electrons. The lowest BCUT2D eigenvalue weighted by Gasteiger charge is -2.14. The van der Waals surface area contributed by atoms with Gasteiger partial charge in [0, 0.05) is 12.3 Å².